The Labute approximate surface area is 130 Å². The number of nitrogens with zero attached hydrogens (tertiary/aromatic N) is 2. The second-order valence-electron chi connectivity index (χ2n) is 4.76. The number of benzene rings is 1. The predicted octanol–water partition coefficient (Wildman–Crippen LogP) is 2.87. The Hall–Kier alpha value is -2.01. The summed E-state index contributed by atoms with van der Waals surface area (Å²) in [5, 5.41) is 7.10. The van der Waals surface area contributed by atoms with Crippen molar-refractivity contribution in [2.24, 2.45) is 0 Å². The van der Waals surface area contributed by atoms with Crippen molar-refractivity contribution in [3.8, 4) is 0 Å². The lowest BCUT2D eigenvalue weighted by Crippen LogP contribution is -2.17. The topological polar surface area (TPSA) is 72.9 Å². The highest BCUT2D eigenvalue weighted by atomic mass is 35.5. The van der Waals surface area contributed by atoms with Crippen LogP contribution in [0.4, 0.5) is 11.5 Å². The van der Waals surface area contributed by atoms with E-state index in [2.05, 4.69) is 17.3 Å². The van der Waals surface area contributed by atoms with Gasteiger partial charge in [-0.15, -0.1) is 12.4 Å². The summed E-state index contributed by atoms with van der Waals surface area (Å²) in [6, 6.07) is 9.14. The SMILES string of the molecule is CCCCn1nccc1NC(=O)Cc1ccc(N)cc1.Cl. The van der Waals surface area contributed by atoms with Crippen LogP contribution >= 0.6 is 12.4 Å². The summed E-state index contributed by atoms with van der Waals surface area (Å²) in [7, 11) is 0. The molecule has 0 atom stereocenters. The van der Waals surface area contributed by atoms with Gasteiger partial charge < -0.3 is 11.1 Å². The molecule has 1 amide bonds. The van der Waals surface area contributed by atoms with Crippen LogP contribution in [-0.4, -0.2) is 15.7 Å². The number of nitrogens with two attached hydrogens (primary N) is 1. The van der Waals surface area contributed by atoms with E-state index in [-0.39, 0.29) is 18.3 Å². The fraction of sp³-hybridized carbons (Fsp3) is 0.333. The van der Waals surface area contributed by atoms with Crippen LogP contribution in [0.25, 0.3) is 0 Å². The van der Waals surface area contributed by atoms with E-state index in [1.54, 1.807) is 18.3 Å². The molecule has 21 heavy (non-hydrogen) atoms. The molecule has 1 aromatic heterocycles. The molecule has 0 fully saturated rings. The fourth-order valence-corrected chi connectivity index (χ4v) is 1.93. The minimum absolute atomic E-state index is 0. The van der Waals surface area contributed by atoms with Crippen LogP contribution in [0.15, 0.2) is 36.5 Å². The maximum absolute atomic E-state index is 12.0. The van der Waals surface area contributed by atoms with Gasteiger partial charge in [0.15, 0.2) is 0 Å². The summed E-state index contributed by atoms with van der Waals surface area (Å²) >= 11 is 0. The lowest BCUT2D eigenvalue weighted by molar-refractivity contribution is -0.115. The Morgan fingerprint density at radius 3 is 2.67 bits per heavy atom. The Balaban J connectivity index is 0.00000220. The molecule has 2 rings (SSSR count). The third-order valence-corrected chi connectivity index (χ3v) is 3.05. The first-order valence-electron chi connectivity index (χ1n) is 6.85. The van der Waals surface area contributed by atoms with E-state index in [1.165, 1.54) is 0 Å². The molecule has 0 spiro atoms. The number of hydrogen-bond acceptors (Lipinski definition) is 3. The summed E-state index contributed by atoms with van der Waals surface area (Å²) in [6.07, 6.45) is 4.18. The zero-order valence-corrected chi connectivity index (χ0v) is 12.9. The molecule has 1 heterocycles. The van der Waals surface area contributed by atoms with Crippen LogP contribution in [0.2, 0.25) is 0 Å². The molecule has 0 saturated carbocycles. The fourth-order valence-electron chi connectivity index (χ4n) is 1.93. The van der Waals surface area contributed by atoms with Crippen LogP contribution in [0, 0.1) is 0 Å². The minimum Gasteiger partial charge on any atom is -0.399 e. The first-order valence-corrected chi connectivity index (χ1v) is 6.85. The van der Waals surface area contributed by atoms with E-state index in [9.17, 15) is 4.79 Å². The molecular formula is C15H21ClN4O. The van der Waals surface area contributed by atoms with Gasteiger partial charge in [0.25, 0.3) is 0 Å². The van der Waals surface area contributed by atoms with Crippen molar-refractivity contribution in [2.75, 3.05) is 11.1 Å². The first kappa shape index (κ1) is 17.0. The highest BCUT2D eigenvalue weighted by molar-refractivity contribution is 5.91. The van der Waals surface area contributed by atoms with Crippen molar-refractivity contribution >= 4 is 29.8 Å². The average molecular weight is 309 g/mol. The number of nitrogens with one attached hydrogen (secondary N) is 1. The number of halogens is 1. The van der Waals surface area contributed by atoms with Gasteiger partial charge in [0.2, 0.25) is 5.91 Å². The van der Waals surface area contributed by atoms with Crippen LogP contribution in [-0.2, 0) is 17.8 Å². The zero-order valence-electron chi connectivity index (χ0n) is 12.1. The first-order chi connectivity index (χ1) is 9.69. The van der Waals surface area contributed by atoms with Crippen molar-refractivity contribution in [2.45, 2.75) is 32.7 Å². The Morgan fingerprint density at radius 2 is 2.00 bits per heavy atom. The summed E-state index contributed by atoms with van der Waals surface area (Å²) in [6.45, 7) is 2.95. The van der Waals surface area contributed by atoms with Gasteiger partial charge >= 0.3 is 0 Å². The lowest BCUT2D eigenvalue weighted by atomic mass is 10.1. The normalized spacial score (nSPS) is 9.95. The van der Waals surface area contributed by atoms with Crippen molar-refractivity contribution in [3.05, 3.63) is 42.1 Å². The third-order valence-electron chi connectivity index (χ3n) is 3.05. The maximum Gasteiger partial charge on any atom is 0.229 e. The Bertz CT molecular complexity index is 565. The maximum atomic E-state index is 12.0. The average Bonchev–Trinajstić information content (AvgIpc) is 2.86. The van der Waals surface area contributed by atoms with Gasteiger partial charge in [-0.2, -0.15) is 5.10 Å². The number of carbonyl (C=O) groups excluding carboxylic acids is 1. The molecule has 0 unspecified atom stereocenters. The zero-order chi connectivity index (χ0) is 14.4. The van der Waals surface area contributed by atoms with Crippen LogP contribution < -0.4 is 11.1 Å². The predicted molar refractivity (Wildman–Crippen MR) is 87.6 cm³/mol. The molecule has 0 saturated heterocycles. The molecular weight excluding hydrogens is 288 g/mol. The number of amides is 1. The molecule has 5 nitrogen and oxygen atoms in total. The van der Waals surface area contributed by atoms with Crippen molar-refractivity contribution in [3.63, 3.8) is 0 Å². The molecule has 1 aromatic carbocycles. The van der Waals surface area contributed by atoms with Gasteiger partial charge in [0.1, 0.15) is 5.82 Å². The van der Waals surface area contributed by atoms with Gasteiger partial charge in [0, 0.05) is 18.3 Å². The molecule has 0 bridgehead atoms. The number of aryl methyl sites for hydroxylation is 1. The molecule has 0 radical (unpaired) electrons. The van der Waals surface area contributed by atoms with Gasteiger partial charge in [-0.25, -0.2) is 4.68 Å². The standard InChI is InChI=1S/C15H20N4O.ClH/c1-2-3-10-19-14(8-9-17-19)18-15(20)11-12-4-6-13(16)7-5-12;/h4-9H,2-3,10-11,16H2,1H3,(H,18,20);1H. The highest BCUT2D eigenvalue weighted by Gasteiger charge is 2.07. The van der Waals surface area contributed by atoms with E-state index in [1.807, 2.05) is 22.9 Å². The quantitative estimate of drug-likeness (QED) is 0.806. The molecule has 6 heteroatoms. The van der Waals surface area contributed by atoms with Crippen LogP contribution in [0.1, 0.15) is 25.3 Å². The number of hydrogen-bond donors (Lipinski definition) is 2. The lowest BCUT2D eigenvalue weighted by Gasteiger charge is -2.08. The monoisotopic (exact) mass is 308 g/mol. The smallest absolute Gasteiger partial charge is 0.229 e. The molecule has 2 aromatic rings. The second kappa shape index (κ2) is 8.32. The summed E-state index contributed by atoms with van der Waals surface area (Å²) in [5.41, 5.74) is 7.26. The van der Waals surface area contributed by atoms with E-state index in [4.69, 9.17) is 5.73 Å². The molecule has 114 valence electrons. The van der Waals surface area contributed by atoms with Crippen LogP contribution in [0.3, 0.4) is 0 Å². The van der Waals surface area contributed by atoms with E-state index in [0.29, 0.717) is 12.1 Å². The largest absolute Gasteiger partial charge is 0.399 e. The molecule has 0 aliphatic rings. The van der Waals surface area contributed by atoms with Gasteiger partial charge in [-0.1, -0.05) is 25.5 Å². The second-order valence-corrected chi connectivity index (χ2v) is 4.76. The van der Waals surface area contributed by atoms with Gasteiger partial charge in [-0.05, 0) is 24.1 Å². The Morgan fingerprint density at radius 1 is 1.29 bits per heavy atom. The number of nitrogen functional groups attached to an aromatic ring is 1. The van der Waals surface area contributed by atoms with Gasteiger partial charge in [-0.3, -0.25) is 4.79 Å². The molecule has 3 N–H and O–H groups in total. The number of unbranched alkanes of at least 4 members (excludes halogenated alkanes) is 1. The Kier molecular flexibility index (Phi) is 6.75. The molecule has 0 aliphatic heterocycles. The number of carbonyl (C=O) groups is 1. The summed E-state index contributed by atoms with van der Waals surface area (Å²) in [4.78, 5) is 12.0. The number of rotatable bonds is 6. The van der Waals surface area contributed by atoms with Crippen molar-refractivity contribution < 1.29 is 4.79 Å². The highest BCUT2D eigenvalue weighted by Crippen LogP contribution is 2.10. The van der Waals surface area contributed by atoms with Crippen molar-refractivity contribution in [1.29, 1.82) is 0 Å². The number of anilines is 2. The number of aromatic nitrogens is 2. The summed E-state index contributed by atoms with van der Waals surface area (Å²) < 4.78 is 1.82. The van der Waals surface area contributed by atoms with Crippen molar-refractivity contribution in [1.82, 2.24) is 9.78 Å². The van der Waals surface area contributed by atoms with E-state index in [0.717, 1.165) is 30.8 Å². The van der Waals surface area contributed by atoms with E-state index < -0.39 is 0 Å². The van der Waals surface area contributed by atoms with Crippen LogP contribution in [0.5, 0.6) is 0 Å². The molecule has 0 aliphatic carbocycles. The third kappa shape index (κ3) is 5.11. The summed E-state index contributed by atoms with van der Waals surface area (Å²) in [5.74, 6) is 0.701. The van der Waals surface area contributed by atoms with Gasteiger partial charge in [0.05, 0.1) is 12.6 Å². The minimum atomic E-state index is -0.0481. The van der Waals surface area contributed by atoms with E-state index >= 15 is 0 Å².